The molecule has 2 rings (SSSR count). The number of hydrogen-bond donors (Lipinski definition) is 1. The molecule has 1 amide bonds. The highest BCUT2D eigenvalue weighted by Gasteiger charge is 2.41. The third-order valence-corrected chi connectivity index (χ3v) is 3.45. The Labute approximate surface area is 139 Å². The van der Waals surface area contributed by atoms with E-state index < -0.39 is 36.3 Å². The number of ether oxygens (including phenoxy) is 1. The second-order valence-corrected chi connectivity index (χ2v) is 5.20. The molecule has 0 aromatic carbocycles. The van der Waals surface area contributed by atoms with Gasteiger partial charge in [0, 0.05) is 12.6 Å². The Morgan fingerprint density at radius 1 is 1.36 bits per heavy atom. The number of fused-ring (bicyclic) bond motifs is 1. The van der Waals surface area contributed by atoms with Gasteiger partial charge in [-0.05, 0) is 18.6 Å². The summed E-state index contributed by atoms with van der Waals surface area (Å²) in [4.78, 5) is 39.1. The van der Waals surface area contributed by atoms with Crippen molar-refractivity contribution < 1.29 is 32.3 Å². The SMILES string of the molecule is COC(=O)[C@@H](CC(=O)c1cnc2c(C)cccn12)NC(=O)C(F)(F)F. The van der Waals surface area contributed by atoms with Crippen LogP contribution in [0.3, 0.4) is 0 Å². The number of pyridine rings is 1. The summed E-state index contributed by atoms with van der Waals surface area (Å²) >= 11 is 0. The number of esters is 1. The number of carbonyl (C=O) groups is 3. The van der Waals surface area contributed by atoms with E-state index in [9.17, 15) is 27.6 Å². The smallest absolute Gasteiger partial charge is 0.467 e. The molecule has 0 fully saturated rings. The Balaban J connectivity index is 2.25. The van der Waals surface area contributed by atoms with Gasteiger partial charge in [-0.2, -0.15) is 13.2 Å². The topological polar surface area (TPSA) is 89.8 Å². The van der Waals surface area contributed by atoms with Gasteiger partial charge in [-0.3, -0.25) is 14.0 Å². The molecule has 2 aromatic heterocycles. The number of aromatic nitrogens is 2. The van der Waals surface area contributed by atoms with Crippen molar-refractivity contribution in [3.63, 3.8) is 0 Å². The van der Waals surface area contributed by atoms with Crippen molar-refractivity contribution in [1.29, 1.82) is 0 Å². The summed E-state index contributed by atoms with van der Waals surface area (Å²) in [5.74, 6) is -4.16. The van der Waals surface area contributed by atoms with E-state index in [1.54, 1.807) is 25.3 Å². The summed E-state index contributed by atoms with van der Waals surface area (Å²) in [5, 5.41) is 1.47. The number of alkyl halides is 3. The fraction of sp³-hybridized carbons (Fsp3) is 0.333. The minimum Gasteiger partial charge on any atom is -0.467 e. The molecule has 0 bridgehead atoms. The molecule has 0 aliphatic heterocycles. The van der Waals surface area contributed by atoms with Gasteiger partial charge in [-0.1, -0.05) is 6.07 Å². The first-order valence-electron chi connectivity index (χ1n) is 7.06. The van der Waals surface area contributed by atoms with Crippen LogP contribution in [0.4, 0.5) is 13.2 Å². The fourth-order valence-corrected chi connectivity index (χ4v) is 2.22. The number of carbonyl (C=O) groups excluding carboxylic acids is 3. The first kappa shape index (κ1) is 18.4. The van der Waals surface area contributed by atoms with Crippen LogP contribution < -0.4 is 5.32 Å². The molecular formula is C15H14F3N3O4. The van der Waals surface area contributed by atoms with Crippen molar-refractivity contribution in [2.24, 2.45) is 0 Å². The van der Waals surface area contributed by atoms with Gasteiger partial charge in [0.1, 0.15) is 17.4 Å². The van der Waals surface area contributed by atoms with Crippen molar-refractivity contribution in [2.75, 3.05) is 7.11 Å². The molecule has 1 atom stereocenters. The highest BCUT2D eigenvalue weighted by Crippen LogP contribution is 2.17. The van der Waals surface area contributed by atoms with Crippen LogP contribution in [0, 0.1) is 6.92 Å². The molecular weight excluding hydrogens is 343 g/mol. The number of hydrogen-bond acceptors (Lipinski definition) is 5. The molecule has 0 unspecified atom stereocenters. The molecule has 0 aliphatic rings. The van der Waals surface area contributed by atoms with Crippen LogP contribution in [-0.4, -0.2) is 46.4 Å². The van der Waals surface area contributed by atoms with Gasteiger partial charge >= 0.3 is 18.1 Å². The maximum Gasteiger partial charge on any atom is 0.471 e. The van der Waals surface area contributed by atoms with Crippen molar-refractivity contribution in [3.8, 4) is 0 Å². The number of methoxy groups -OCH3 is 1. The quantitative estimate of drug-likeness (QED) is 0.646. The third-order valence-electron chi connectivity index (χ3n) is 3.45. The van der Waals surface area contributed by atoms with Gasteiger partial charge in [0.25, 0.3) is 0 Å². The van der Waals surface area contributed by atoms with E-state index in [4.69, 9.17) is 0 Å². The summed E-state index contributed by atoms with van der Waals surface area (Å²) in [6, 6.07) is 1.68. The summed E-state index contributed by atoms with van der Waals surface area (Å²) in [6.07, 6.45) is -3.07. The van der Waals surface area contributed by atoms with Crippen LogP contribution in [-0.2, 0) is 14.3 Å². The van der Waals surface area contributed by atoms with E-state index in [0.717, 1.165) is 12.7 Å². The highest BCUT2D eigenvalue weighted by molar-refractivity contribution is 5.99. The van der Waals surface area contributed by atoms with Crippen molar-refractivity contribution >= 4 is 23.3 Å². The Morgan fingerprint density at radius 3 is 2.64 bits per heavy atom. The Morgan fingerprint density at radius 2 is 2.04 bits per heavy atom. The maximum absolute atomic E-state index is 12.4. The van der Waals surface area contributed by atoms with Gasteiger partial charge in [-0.25, -0.2) is 9.78 Å². The maximum atomic E-state index is 12.4. The molecule has 2 aromatic rings. The summed E-state index contributed by atoms with van der Waals surface area (Å²) < 4.78 is 42.9. The van der Waals surface area contributed by atoms with Gasteiger partial charge < -0.3 is 10.1 Å². The van der Waals surface area contributed by atoms with E-state index in [0.29, 0.717) is 5.65 Å². The fourth-order valence-electron chi connectivity index (χ4n) is 2.22. The Kier molecular flexibility index (Phi) is 5.10. The van der Waals surface area contributed by atoms with Gasteiger partial charge in [0.05, 0.1) is 13.3 Å². The first-order valence-corrected chi connectivity index (χ1v) is 7.06. The molecule has 1 N–H and O–H groups in total. The second kappa shape index (κ2) is 6.91. The van der Waals surface area contributed by atoms with Crippen LogP contribution in [0.25, 0.3) is 5.65 Å². The number of amides is 1. The van der Waals surface area contributed by atoms with Crippen molar-refractivity contribution in [2.45, 2.75) is 25.6 Å². The van der Waals surface area contributed by atoms with Gasteiger partial charge in [0.2, 0.25) is 0 Å². The predicted octanol–water partition coefficient (Wildman–Crippen LogP) is 1.44. The summed E-state index contributed by atoms with van der Waals surface area (Å²) in [6.45, 7) is 1.78. The number of nitrogens with zero attached hydrogens (tertiary/aromatic N) is 2. The Hall–Kier alpha value is -2.91. The van der Waals surface area contributed by atoms with Gasteiger partial charge in [0.15, 0.2) is 5.78 Å². The predicted molar refractivity (Wildman–Crippen MR) is 78.9 cm³/mol. The van der Waals surface area contributed by atoms with Crippen LogP contribution in [0.15, 0.2) is 24.5 Å². The standard InChI is InChI=1S/C15H14F3N3O4/c1-8-4-3-5-21-10(7-19-12(8)21)11(22)6-9(13(23)25-2)20-14(24)15(16,17)18/h3-5,7,9H,6H2,1-2H3,(H,20,24)/t9-/m1/s1. The van der Waals surface area contributed by atoms with E-state index in [2.05, 4.69) is 9.72 Å². The van der Waals surface area contributed by atoms with E-state index in [1.807, 2.05) is 0 Å². The van der Waals surface area contributed by atoms with Crippen molar-refractivity contribution in [1.82, 2.24) is 14.7 Å². The first-order chi connectivity index (χ1) is 11.6. The van der Waals surface area contributed by atoms with E-state index in [1.165, 1.54) is 15.9 Å². The number of nitrogens with one attached hydrogen (secondary N) is 1. The molecule has 25 heavy (non-hydrogen) atoms. The van der Waals surface area contributed by atoms with Gasteiger partial charge in [-0.15, -0.1) is 0 Å². The van der Waals surface area contributed by atoms with Crippen LogP contribution in [0.1, 0.15) is 22.5 Å². The molecule has 7 nitrogen and oxygen atoms in total. The Bertz CT molecular complexity index is 829. The lowest BCUT2D eigenvalue weighted by atomic mass is 10.1. The molecule has 0 saturated carbocycles. The average Bonchev–Trinajstić information content (AvgIpc) is 2.98. The summed E-state index contributed by atoms with van der Waals surface area (Å²) in [7, 11) is 0.942. The summed E-state index contributed by atoms with van der Waals surface area (Å²) in [5.41, 5.74) is 1.37. The van der Waals surface area contributed by atoms with Crippen LogP contribution in [0.5, 0.6) is 0 Å². The molecule has 0 aliphatic carbocycles. The number of aryl methyl sites for hydroxylation is 1. The largest absolute Gasteiger partial charge is 0.471 e. The average molecular weight is 357 g/mol. The lowest BCUT2D eigenvalue weighted by Gasteiger charge is -2.16. The monoisotopic (exact) mass is 357 g/mol. The molecule has 2 heterocycles. The zero-order chi connectivity index (χ0) is 18.8. The zero-order valence-corrected chi connectivity index (χ0v) is 13.3. The molecule has 0 radical (unpaired) electrons. The number of ketones is 1. The number of imidazole rings is 1. The van der Waals surface area contributed by atoms with Crippen LogP contribution in [0.2, 0.25) is 0 Å². The lowest BCUT2D eigenvalue weighted by molar-refractivity contribution is -0.175. The molecule has 10 heteroatoms. The lowest BCUT2D eigenvalue weighted by Crippen LogP contribution is -2.48. The minimum atomic E-state index is -5.18. The van der Waals surface area contributed by atoms with E-state index >= 15 is 0 Å². The highest BCUT2D eigenvalue weighted by atomic mass is 19.4. The number of halogens is 3. The van der Waals surface area contributed by atoms with Crippen LogP contribution >= 0.6 is 0 Å². The van der Waals surface area contributed by atoms with Crippen molar-refractivity contribution in [3.05, 3.63) is 35.8 Å². The molecule has 134 valence electrons. The molecule has 0 spiro atoms. The minimum absolute atomic E-state index is 0.0776. The number of Topliss-reactive ketones (excluding diaryl/α,β-unsaturated/α-hetero) is 1. The second-order valence-electron chi connectivity index (χ2n) is 5.20. The number of rotatable bonds is 5. The normalized spacial score (nSPS) is 12.7. The molecule has 0 saturated heterocycles. The zero-order valence-electron chi connectivity index (χ0n) is 13.3. The third kappa shape index (κ3) is 3.95. The van der Waals surface area contributed by atoms with E-state index in [-0.39, 0.29) is 5.69 Å².